The van der Waals surface area contributed by atoms with Crippen LogP contribution in [0.25, 0.3) is 0 Å². The van der Waals surface area contributed by atoms with Gasteiger partial charge in [0, 0.05) is 5.02 Å². The fraction of sp³-hybridized carbons (Fsp3) is 0.333. The maximum Gasteiger partial charge on any atom is 0.324 e. The molecule has 0 bridgehead atoms. The number of carbonyl (C=O) groups is 1. The topological polar surface area (TPSA) is 107 Å². The van der Waals surface area contributed by atoms with Crippen LogP contribution in [0, 0.1) is 11.3 Å². The fourth-order valence-electron chi connectivity index (χ4n) is 2.01. The van der Waals surface area contributed by atoms with Crippen LogP contribution in [-0.2, 0) is 14.8 Å². The summed E-state index contributed by atoms with van der Waals surface area (Å²) < 4.78 is 26.8. The Morgan fingerprint density at radius 2 is 2.10 bits per heavy atom. The third kappa shape index (κ3) is 2.50. The summed E-state index contributed by atoms with van der Waals surface area (Å²) in [7, 11) is -4.13. The molecule has 2 N–H and O–H groups in total. The number of carboxylic acid groups (broad SMARTS) is 1. The molecule has 0 unspecified atom stereocenters. The highest BCUT2D eigenvalue weighted by atomic mass is 35.5. The number of rotatable bonds is 4. The lowest BCUT2D eigenvalue weighted by Gasteiger charge is -2.37. The summed E-state index contributed by atoms with van der Waals surface area (Å²) in [5.74, 6) is -1.21. The van der Waals surface area contributed by atoms with E-state index < -0.39 is 21.5 Å². The van der Waals surface area contributed by atoms with Crippen molar-refractivity contribution in [3.05, 3.63) is 28.8 Å². The SMILES string of the molecule is N#Cc1ccc(Cl)cc1S(=O)(=O)NC1(C(=O)O)CCC1. The average Bonchev–Trinajstić information content (AvgIpc) is 2.33. The molecule has 1 aliphatic carbocycles. The van der Waals surface area contributed by atoms with E-state index in [0.29, 0.717) is 6.42 Å². The van der Waals surface area contributed by atoms with Crippen molar-refractivity contribution >= 4 is 27.6 Å². The smallest absolute Gasteiger partial charge is 0.324 e. The first-order valence-corrected chi connectivity index (χ1v) is 7.64. The van der Waals surface area contributed by atoms with E-state index >= 15 is 0 Å². The predicted molar refractivity (Wildman–Crippen MR) is 70.7 cm³/mol. The van der Waals surface area contributed by atoms with Gasteiger partial charge in [-0.3, -0.25) is 4.79 Å². The van der Waals surface area contributed by atoms with Crippen LogP contribution < -0.4 is 4.72 Å². The molecule has 1 saturated carbocycles. The number of hydrogen-bond acceptors (Lipinski definition) is 4. The van der Waals surface area contributed by atoms with Gasteiger partial charge in [0.2, 0.25) is 10.0 Å². The van der Waals surface area contributed by atoms with E-state index in [1.807, 2.05) is 0 Å². The van der Waals surface area contributed by atoms with Gasteiger partial charge in [0.25, 0.3) is 0 Å². The van der Waals surface area contributed by atoms with Crippen LogP contribution >= 0.6 is 11.6 Å². The van der Waals surface area contributed by atoms with Gasteiger partial charge in [-0.25, -0.2) is 8.42 Å². The zero-order chi connectivity index (χ0) is 15.0. The third-order valence-corrected chi connectivity index (χ3v) is 5.11. The molecule has 0 saturated heterocycles. The highest BCUT2D eigenvalue weighted by Gasteiger charge is 2.47. The van der Waals surface area contributed by atoms with E-state index in [2.05, 4.69) is 4.72 Å². The second-order valence-electron chi connectivity index (χ2n) is 4.60. The van der Waals surface area contributed by atoms with Gasteiger partial charge in [0.15, 0.2) is 0 Å². The Labute approximate surface area is 121 Å². The molecule has 1 fully saturated rings. The van der Waals surface area contributed by atoms with E-state index in [1.165, 1.54) is 12.1 Å². The Bertz CT molecular complexity index is 705. The minimum absolute atomic E-state index is 0.0817. The molecule has 0 spiro atoms. The van der Waals surface area contributed by atoms with Gasteiger partial charge in [-0.1, -0.05) is 11.6 Å². The van der Waals surface area contributed by atoms with Crippen molar-refractivity contribution in [1.29, 1.82) is 5.26 Å². The number of sulfonamides is 1. The van der Waals surface area contributed by atoms with Gasteiger partial charge in [-0.15, -0.1) is 0 Å². The molecule has 6 nitrogen and oxygen atoms in total. The Kier molecular flexibility index (Phi) is 3.73. The van der Waals surface area contributed by atoms with E-state index in [4.69, 9.17) is 22.0 Å². The largest absolute Gasteiger partial charge is 0.480 e. The van der Waals surface area contributed by atoms with Crippen LogP contribution in [0.4, 0.5) is 0 Å². The second-order valence-corrected chi connectivity index (χ2v) is 6.69. The van der Waals surface area contributed by atoms with E-state index in [-0.39, 0.29) is 28.3 Å². The van der Waals surface area contributed by atoms with Crippen molar-refractivity contribution < 1.29 is 18.3 Å². The number of aliphatic carboxylic acids is 1. The number of benzene rings is 1. The third-order valence-electron chi connectivity index (χ3n) is 3.30. The lowest BCUT2D eigenvalue weighted by molar-refractivity contribution is -0.147. The standard InChI is InChI=1S/C12H11ClN2O4S/c13-9-3-2-8(7-14)10(6-9)20(18,19)15-12(11(16)17)4-1-5-12/h2-3,6,15H,1,4-5H2,(H,16,17). The summed E-state index contributed by atoms with van der Waals surface area (Å²) >= 11 is 5.74. The van der Waals surface area contributed by atoms with Crippen molar-refractivity contribution in [1.82, 2.24) is 4.72 Å². The molecule has 2 rings (SSSR count). The maximum absolute atomic E-state index is 12.3. The van der Waals surface area contributed by atoms with Crippen molar-refractivity contribution in [2.24, 2.45) is 0 Å². The van der Waals surface area contributed by atoms with Crippen LogP contribution in [-0.4, -0.2) is 25.0 Å². The number of nitriles is 1. The predicted octanol–water partition coefficient (Wildman–Crippen LogP) is 1.50. The fourth-order valence-corrected chi connectivity index (χ4v) is 3.85. The molecule has 0 amide bonds. The summed E-state index contributed by atoms with van der Waals surface area (Å²) in [6.45, 7) is 0. The molecule has 1 aliphatic rings. The Morgan fingerprint density at radius 1 is 1.45 bits per heavy atom. The monoisotopic (exact) mass is 314 g/mol. The summed E-state index contributed by atoms with van der Waals surface area (Å²) in [6, 6.07) is 5.57. The van der Waals surface area contributed by atoms with Gasteiger partial charge in [-0.05, 0) is 37.5 Å². The van der Waals surface area contributed by atoms with E-state index in [1.54, 1.807) is 6.07 Å². The molecule has 0 heterocycles. The minimum Gasteiger partial charge on any atom is -0.480 e. The van der Waals surface area contributed by atoms with Crippen LogP contribution in [0.3, 0.4) is 0 Å². The van der Waals surface area contributed by atoms with Crippen molar-refractivity contribution in [2.75, 3.05) is 0 Å². The molecule has 8 heteroatoms. The molecule has 0 aromatic heterocycles. The first kappa shape index (κ1) is 14.8. The molecule has 106 valence electrons. The molecular weight excluding hydrogens is 304 g/mol. The quantitative estimate of drug-likeness (QED) is 0.875. The average molecular weight is 315 g/mol. The Balaban J connectivity index is 2.44. The Hall–Kier alpha value is -1.62. The van der Waals surface area contributed by atoms with Gasteiger partial charge in [-0.2, -0.15) is 9.98 Å². The number of hydrogen-bond donors (Lipinski definition) is 2. The van der Waals surface area contributed by atoms with Gasteiger partial charge in [0.05, 0.1) is 5.56 Å². The van der Waals surface area contributed by atoms with E-state index in [0.717, 1.165) is 6.07 Å². The summed E-state index contributed by atoms with van der Waals surface area (Å²) in [4.78, 5) is 10.9. The zero-order valence-electron chi connectivity index (χ0n) is 10.3. The number of nitrogens with one attached hydrogen (secondary N) is 1. The second kappa shape index (κ2) is 5.05. The van der Waals surface area contributed by atoms with Crippen LogP contribution in [0.2, 0.25) is 5.02 Å². The number of halogens is 1. The molecular formula is C12H11ClN2O4S. The molecule has 20 heavy (non-hydrogen) atoms. The lowest BCUT2D eigenvalue weighted by Crippen LogP contribution is -2.58. The molecule has 0 radical (unpaired) electrons. The molecule has 0 atom stereocenters. The first-order chi connectivity index (χ1) is 9.31. The number of carboxylic acids is 1. The Morgan fingerprint density at radius 3 is 2.55 bits per heavy atom. The summed E-state index contributed by atoms with van der Waals surface area (Å²) in [5, 5.41) is 18.3. The van der Waals surface area contributed by atoms with Gasteiger partial charge >= 0.3 is 5.97 Å². The van der Waals surface area contributed by atoms with Crippen LogP contribution in [0.15, 0.2) is 23.1 Å². The van der Waals surface area contributed by atoms with Crippen molar-refractivity contribution in [3.8, 4) is 6.07 Å². The molecule has 0 aliphatic heterocycles. The molecule has 1 aromatic carbocycles. The highest BCUT2D eigenvalue weighted by Crippen LogP contribution is 2.34. The number of nitrogens with zero attached hydrogens (tertiary/aromatic N) is 1. The highest BCUT2D eigenvalue weighted by molar-refractivity contribution is 7.89. The van der Waals surface area contributed by atoms with Crippen LogP contribution in [0.5, 0.6) is 0 Å². The van der Waals surface area contributed by atoms with Crippen molar-refractivity contribution in [2.45, 2.75) is 29.7 Å². The van der Waals surface area contributed by atoms with Gasteiger partial charge in [0.1, 0.15) is 16.5 Å². The van der Waals surface area contributed by atoms with E-state index in [9.17, 15) is 13.2 Å². The molecule has 1 aromatic rings. The van der Waals surface area contributed by atoms with Crippen molar-refractivity contribution in [3.63, 3.8) is 0 Å². The normalized spacial score (nSPS) is 17.0. The summed E-state index contributed by atoms with van der Waals surface area (Å²) in [6.07, 6.45) is 1.09. The lowest BCUT2D eigenvalue weighted by atomic mass is 9.78. The first-order valence-electron chi connectivity index (χ1n) is 5.78. The minimum atomic E-state index is -4.13. The van der Waals surface area contributed by atoms with Gasteiger partial charge < -0.3 is 5.11 Å². The summed E-state index contributed by atoms with van der Waals surface area (Å²) in [5.41, 5.74) is -1.56. The zero-order valence-corrected chi connectivity index (χ0v) is 11.8. The van der Waals surface area contributed by atoms with Crippen LogP contribution in [0.1, 0.15) is 24.8 Å². The maximum atomic E-state index is 12.3.